The van der Waals surface area contributed by atoms with Crippen LogP contribution in [0.1, 0.15) is 10.4 Å². The van der Waals surface area contributed by atoms with Crippen LogP contribution in [0.3, 0.4) is 0 Å². The van der Waals surface area contributed by atoms with Gasteiger partial charge in [0.25, 0.3) is 0 Å². The second kappa shape index (κ2) is 7.57. The summed E-state index contributed by atoms with van der Waals surface area (Å²) in [5.74, 6) is 0.121. The van der Waals surface area contributed by atoms with Gasteiger partial charge < -0.3 is 0 Å². The molecule has 0 unspecified atom stereocenters. The van der Waals surface area contributed by atoms with E-state index in [0.29, 0.717) is 21.3 Å². The van der Waals surface area contributed by atoms with E-state index in [1.165, 1.54) is 11.8 Å². The third-order valence-corrected chi connectivity index (χ3v) is 5.10. The van der Waals surface area contributed by atoms with Gasteiger partial charge in [0.05, 0.1) is 17.0 Å². The van der Waals surface area contributed by atoms with Crippen LogP contribution in [0.15, 0.2) is 47.4 Å². The molecule has 0 aliphatic rings. The van der Waals surface area contributed by atoms with Crippen LogP contribution in [0.5, 0.6) is 0 Å². The number of anilines is 1. The van der Waals surface area contributed by atoms with Crippen molar-refractivity contribution in [2.75, 3.05) is 16.7 Å². The van der Waals surface area contributed by atoms with Crippen LogP contribution < -0.4 is 4.72 Å². The summed E-state index contributed by atoms with van der Waals surface area (Å²) in [7, 11) is -3.33. The van der Waals surface area contributed by atoms with Crippen LogP contribution in [0, 0.1) is 0 Å². The highest BCUT2D eigenvalue weighted by Crippen LogP contribution is 2.30. The van der Waals surface area contributed by atoms with Gasteiger partial charge >= 0.3 is 0 Å². The zero-order chi connectivity index (χ0) is 17.0. The summed E-state index contributed by atoms with van der Waals surface area (Å²) in [6.45, 7) is 0. The van der Waals surface area contributed by atoms with Gasteiger partial charge in [-0.2, -0.15) is 0 Å². The number of ketones is 1. The largest absolute Gasteiger partial charge is 0.293 e. The second-order valence-corrected chi connectivity index (χ2v) is 8.35. The van der Waals surface area contributed by atoms with E-state index in [1.807, 2.05) is 0 Å². The van der Waals surface area contributed by atoms with Gasteiger partial charge in [-0.05, 0) is 42.5 Å². The van der Waals surface area contributed by atoms with Crippen LogP contribution in [-0.4, -0.2) is 26.2 Å². The lowest BCUT2D eigenvalue weighted by Gasteiger charge is -2.06. The number of carbonyl (C=O) groups is 1. The van der Waals surface area contributed by atoms with Crippen LogP contribution in [-0.2, 0) is 10.0 Å². The molecule has 23 heavy (non-hydrogen) atoms. The third kappa shape index (κ3) is 5.73. The molecule has 0 saturated heterocycles. The van der Waals surface area contributed by atoms with Gasteiger partial charge in [-0.15, -0.1) is 11.8 Å². The van der Waals surface area contributed by atoms with Crippen molar-refractivity contribution in [2.24, 2.45) is 0 Å². The topological polar surface area (TPSA) is 63.2 Å². The summed E-state index contributed by atoms with van der Waals surface area (Å²) in [6, 6.07) is 11.3. The number of rotatable bonds is 6. The number of carbonyl (C=O) groups excluding carboxylic acids is 1. The molecule has 0 spiro atoms. The Bertz CT molecular complexity index is 821. The Balaban J connectivity index is 2.02. The fourth-order valence-electron chi connectivity index (χ4n) is 1.75. The highest BCUT2D eigenvalue weighted by atomic mass is 35.5. The summed E-state index contributed by atoms with van der Waals surface area (Å²) in [4.78, 5) is 12.9. The SMILES string of the molecule is CS(=O)(=O)Nc1ccc(C(=O)CSc2cc(Cl)ccc2Cl)cc1. The highest BCUT2D eigenvalue weighted by molar-refractivity contribution is 8.00. The normalized spacial score (nSPS) is 11.3. The number of sulfonamides is 1. The number of benzene rings is 2. The predicted molar refractivity (Wildman–Crippen MR) is 96.4 cm³/mol. The minimum absolute atomic E-state index is 0.0862. The molecule has 0 atom stereocenters. The summed E-state index contributed by atoms with van der Waals surface area (Å²) in [5.41, 5.74) is 0.907. The molecule has 4 nitrogen and oxygen atoms in total. The first-order valence-corrected chi connectivity index (χ1v) is 10.1. The van der Waals surface area contributed by atoms with Gasteiger partial charge in [0, 0.05) is 21.2 Å². The monoisotopic (exact) mass is 389 g/mol. The Labute approximate surface area is 149 Å². The lowest BCUT2D eigenvalue weighted by molar-refractivity contribution is 0.102. The van der Waals surface area contributed by atoms with E-state index < -0.39 is 10.0 Å². The Morgan fingerprint density at radius 1 is 1.13 bits per heavy atom. The highest BCUT2D eigenvalue weighted by Gasteiger charge is 2.10. The molecule has 0 radical (unpaired) electrons. The molecule has 122 valence electrons. The quantitative estimate of drug-likeness (QED) is 0.589. The van der Waals surface area contributed by atoms with Gasteiger partial charge in [-0.25, -0.2) is 8.42 Å². The predicted octanol–water partition coefficient (Wildman–Crippen LogP) is 4.34. The van der Waals surface area contributed by atoms with E-state index in [1.54, 1.807) is 42.5 Å². The van der Waals surface area contributed by atoms with Gasteiger partial charge in [0.2, 0.25) is 10.0 Å². The molecule has 0 aliphatic heterocycles. The molecule has 0 aromatic heterocycles. The van der Waals surface area contributed by atoms with E-state index in [4.69, 9.17) is 23.2 Å². The van der Waals surface area contributed by atoms with Crippen LogP contribution >= 0.6 is 35.0 Å². The molecule has 0 saturated carbocycles. The smallest absolute Gasteiger partial charge is 0.229 e. The van der Waals surface area contributed by atoms with E-state index in [9.17, 15) is 13.2 Å². The standard InChI is InChI=1S/C15H13Cl2NO3S2/c1-23(20,21)18-12-5-2-10(3-6-12)14(19)9-22-15-8-11(16)4-7-13(15)17/h2-8,18H,9H2,1H3. The second-order valence-electron chi connectivity index (χ2n) is 4.74. The fraction of sp³-hybridized carbons (Fsp3) is 0.133. The average Bonchev–Trinajstić information content (AvgIpc) is 2.47. The van der Waals surface area contributed by atoms with Gasteiger partial charge in [-0.3, -0.25) is 9.52 Å². The molecule has 0 aliphatic carbocycles. The molecule has 0 fully saturated rings. The van der Waals surface area contributed by atoms with Crippen LogP contribution in [0.25, 0.3) is 0 Å². The molecule has 2 rings (SSSR count). The number of hydrogen-bond acceptors (Lipinski definition) is 4. The van der Waals surface area contributed by atoms with Crippen molar-refractivity contribution >= 4 is 56.5 Å². The molecular weight excluding hydrogens is 377 g/mol. The summed E-state index contributed by atoms with van der Waals surface area (Å²) in [5, 5.41) is 1.10. The van der Waals surface area contributed by atoms with Gasteiger partial charge in [0.15, 0.2) is 5.78 Å². The van der Waals surface area contributed by atoms with Crippen molar-refractivity contribution in [1.29, 1.82) is 0 Å². The molecular formula is C15H13Cl2NO3S2. The Hall–Kier alpha value is -1.21. The Morgan fingerprint density at radius 2 is 1.78 bits per heavy atom. The van der Waals surface area contributed by atoms with E-state index in [-0.39, 0.29) is 11.5 Å². The first-order valence-electron chi connectivity index (χ1n) is 6.43. The summed E-state index contributed by atoms with van der Waals surface area (Å²) < 4.78 is 24.6. The molecule has 0 heterocycles. The fourth-order valence-corrected chi connectivity index (χ4v) is 3.70. The minimum Gasteiger partial charge on any atom is -0.293 e. The van der Waals surface area contributed by atoms with E-state index in [0.717, 1.165) is 11.2 Å². The van der Waals surface area contributed by atoms with Crippen molar-refractivity contribution in [2.45, 2.75) is 4.90 Å². The lowest BCUT2D eigenvalue weighted by atomic mass is 10.1. The van der Waals surface area contributed by atoms with Crippen molar-refractivity contribution in [3.8, 4) is 0 Å². The first kappa shape index (κ1) is 18.1. The van der Waals surface area contributed by atoms with Gasteiger partial charge in [-0.1, -0.05) is 23.2 Å². The maximum absolute atomic E-state index is 12.2. The Kier molecular flexibility index (Phi) is 5.97. The maximum atomic E-state index is 12.2. The molecule has 0 amide bonds. The first-order chi connectivity index (χ1) is 10.7. The minimum atomic E-state index is -3.33. The number of Topliss-reactive ketones (excluding diaryl/α,β-unsaturated/α-hetero) is 1. The van der Waals surface area contributed by atoms with E-state index >= 15 is 0 Å². The lowest BCUT2D eigenvalue weighted by Crippen LogP contribution is -2.10. The number of thioether (sulfide) groups is 1. The van der Waals surface area contributed by atoms with Crippen molar-refractivity contribution in [1.82, 2.24) is 0 Å². The maximum Gasteiger partial charge on any atom is 0.229 e. The summed E-state index contributed by atoms with van der Waals surface area (Å²) in [6.07, 6.45) is 1.07. The number of hydrogen-bond donors (Lipinski definition) is 1. The summed E-state index contributed by atoms with van der Waals surface area (Å²) >= 11 is 13.3. The molecule has 1 N–H and O–H groups in total. The zero-order valence-electron chi connectivity index (χ0n) is 12.0. The molecule has 8 heteroatoms. The molecule has 2 aromatic carbocycles. The average molecular weight is 390 g/mol. The van der Waals surface area contributed by atoms with Crippen molar-refractivity contribution < 1.29 is 13.2 Å². The molecule has 2 aromatic rings. The van der Waals surface area contributed by atoms with Crippen molar-refractivity contribution in [3.63, 3.8) is 0 Å². The Morgan fingerprint density at radius 3 is 2.39 bits per heavy atom. The van der Waals surface area contributed by atoms with Crippen molar-refractivity contribution in [3.05, 3.63) is 58.1 Å². The third-order valence-electron chi connectivity index (χ3n) is 2.76. The van der Waals surface area contributed by atoms with E-state index in [2.05, 4.69) is 4.72 Å². The van der Waals surface area contributed by atoms with Gasteiger partial charge in [0.1, 0.15) is 0 Å². The molecule has 0 bridgehead atoms. The zero-order valence-corrected chi connectivity index (χ0v) is 15.2. The van der Waals surface area contributed by atoms with Crippen LogP contribution in [0.2, 0.25) is 10.0 Å². The number of halogens is 2. The number of nitrogens with one attached hydrogen (secondary N) is 1. The van der Waals surface area contributed by atoms with Crippen LogP contribution in [0.4, 0.5) is 5.69 Å².